The molecule has 0 aliphatic carbocycles. The number of nitrogens with one attached hydrogen (secondary N) is 1. The third kappa shape index (κ3) is 2.65. The summed E-state index contributed by atoms with van der Waals surface area (Å²) in [5.41, 5.74) is 2.86. The van der Waals surface area contributed by atoms with Crippen molar-refractivity contribution < 1.29 is 9.90 Å². The molecule has 144 valence electrons. The lowest BCUT2D eigenvalue weighted by Gasteiger charge is -2.23. The zero-order valence-electron chi connectivity index (χ0n) is 15.8. The van der Waals surface area contributed by atoms with E-state index in [1.807, 2.05) is 79.7 Å². The number of aryl methyl sites for hydroxylation is 1. The highest BCUT2D eigenvalue weighted by Crippen LogP contribution is 2.47. The Morgan fingerprint density at radius 2 is 1.76 bits per heavy atom. The Kier molecular flexibility index (Phi) is 4.12. The molecule has 1 atom stereocenters. The predicted octanol–water partition coefficient (Wildman–Crippen LogP) is 5.02. The van der Waals surface area contributed by atoms with E-state index < -0.39 is 5.60 Å². The summed E-state index contributed by atoms with van der Waals surface area (Å²) in [6.07, 6.45) is 0. The molecule has 1 aromatic heterocycles. The maximum atomic E-state index is 13.7. The van der Waals surface area contributed by atoms with Crippen LogP contribution in [0.2, 0.25) is 0 Å². The molecule has 5 heteroatoms. The number of halogens is 1. The van der Waals surface area contributed by atoms with E-state index in [0.29, 0.717) is 17.8 Å². The Balaban J connectivity index is 1.71. The van der Waals surface area contributed by atoms with Gasteiger partial charge < -0.3 is 15.0 Å². The van der Waals surface area contributed by atoms with Gasteiger partial charge >= 0.3 is 0 Å². The number of carbonyl (C=O) groups excluding carboxylic acids is 1. The van der Waals surface area contributed by atoms with Gasteiger partial charge in [0.15, 0.2) is 0 Å². The predicted molar refractivity (Wildman–Crippen MR) is 118 cm³/mol. The Morgan fingerprint density at radius 3 is 2.52 bits per heavy atom. The average molecular weight is 447 g/mol. The minimum absolute atomic E-state index is 0.343. The molecular formula is C24H19BrN2O2. The quantitative estimate of drug-likeness (QED) is 0.463. The number of amides is 1. The number of carbonyl (C=O) groups is 1. The van der Waals surface area contributed by atoms with E-state index >= 15 is 0 Å². The van der Waals surface area contributed by atoms with Crippen LogP contribution in [0.25, 0.3) is 10.9 Å². The van der Waals surface area contributed by atoms with Crippen molar-refractivity contribution in [3.05, 3.63) is 99.7 Å². The lowest BCUT2D eigenvalue weighted by atomic mass is 9.89. The maximum absolute atomic E-state index is 13.7. The van der Waals surface area contributed by atoms with Crippen molar-refractivity contribution in [2.45, 2.75) is 19.1 Å². The van der Waals surface area contributed by atoms with E-state index in [-0.39, 0.29) is 5.91 Å². The number of fused-ring (bicyclic) bond motifs is 2. The number of anilines is 1. The van der Waals surface area contributed by atoms with Crippen molar-refractivity contribution in [1.29, 1.82) is 0 Å². The van der Waals surface area contributed by atoms with Crippen molar-refractivity contribution >= 4 is 38.4 Å². The molecule has 0 unspecified atom stereocenters. The fraction of sp³-hybridized carbons (Fsp3) is 0.125. The topological polar surface area (TPSA) is 56.3 Å². The summed E-state index contributed by atoms with van der Waals surface area (Å²) in [6.45, 7) is 2.34. The van der Waals surface area contributed by atoms with Crippen LogP contribution in [0, 0.1) is 6.92 Å². The molecule has 0 spiro atoms. The van der Waals surface area contributed by atoms with Crippen molar-refractivity contribution in [3.63, 3.8) is 0 Å². The van der Waals surface area contributed by atoms with Gasteiger partial charge in [-0.25, -0.2) is 0 Å². The molecule has 0 bridgehead atoms. The molecule has 0 saturated carbocycles. The first kappa shape index (κ1) is 18.2. The summed E-state index contributed by atoms with van der Waals surface area (Å²) < 4.78 is 0.817. The zero-order chi connectivity index (χ0) is 20.2. The smallest absolute Gasteiger partial charge is 0.270 e. The van der Waals surface area contributed by atoms with E-state index in [1.165, 1.54) is 0 Å². The number of hydrogen-bond acceptors (Lipinski definition) is 2. The minimum atomic E-state index is -1.77. The second-order valence-electron chi connectivity index (χ2n) is 7.42. The first-order valence-corrected chi connectivity index (χ1v) is 10.3. The van der Waals surface area contributed by atoms with E-state index in [9.17, 15) is 9.90 Å². The molecule has 4 nitrogen and oxygen atoms in total. The van der Waals surface area contributed by atoms with Crippen LogP contribution in [-0.2, 0) is 16.9 Å². The fourth-order valence-electron chi connectivity index (χ4n) is 4.26. The number of aromatic nitrogens is 1. The molecule has 0 radical (unpaired) electrons. The molecule has 0 saturated heterocycles. The number of hydrogen-bond donors (Lipinski definition) is 2. The van der Waals surface area contributed by atoms with Crippen LogP contribution < -0.4 is 4.90 Å². The lowest BCUT2D eigenvalue weighted by Crippen LogP contribution is -2.41. The molecule has 3 aromatic carbocycles. The summed E-state index contributed by atoms with van der Waals surface area (Å²) in [4.78, 5) is 18.6. The van der Waals surface area contributed by atoms with Crippen LogP contribution in [0.1, 0.15) is 22.4 Å². The van der Waals surface area contributed by atoms with Crippen molar-refractivity contribution in [3.8, 4) is 0 Å². The molecule has 29 heavy (non-hydrogen) atoms. The van der Waals surface area contributed by atoms with E-state index in [4.69, 9.17) is 0 Å². The molecule has 1 amide bonds. The molecule has 4 aromatic rings. The monoisotopic (exact) mass is 446 g/mol. The molecule has 2 N–H and O–H groups in total. The Morgan fingerprint density at radius 1 is 1.03 bits per heavy atom. The highest BCUT2D eigenvalue weighted by atomic mass is 79.9. The van der Waals surface area contributed by atoms with Gasteiger partial charge in [0.2, 0.25) is 5.60 Å². The number of para-hydroxylation sites is 1. The average Bonchev–Trinajstić information content (AvgIpc) is 3.18. The number of nitrogens with zero attached hydrogens (tertiary/aromatic N) is 1. The van der Waals surface area contributed by atoms with Gasteiger partial charge in [-0.3, -0.25) is 4.79 Å². The van der Waals surface area contributed by atoms with Gasteiger partial charge in [-0.2, -0.15) is 0 Å². The summed E-state index contributed by atoms with van der Waals surface area (Å²) in [7, 11) is 0. The highest BCUT2D eigenvalue weighted by Gasteiger charge is 2.53. The minimum Gasteiger partial charge on any atom is -0.371 e. The molecule has 2 heterocycles. The molecule has 5 rings (SSSR count). The zero-order valence-corrected chi connectivity index (χ0v) is 17.4. The number of rotatable bonds is 3. The number of benzene rings is 3. The van der Waals surface area contributed by atoms with Gasteiger partial charge in [0.25, 0.3) is 5.91 Å². The lowest BCUT2D eigenvalue weighted by molar-refractivity contribution is -0.132. The summed E-state index contributed by atoms with van der Waals surface area (Å²) in [5.74, 6) is -0.343. The van der Waals surface area contributed by atoms with Crippen molar-refractivity contribution in [2.24, 2.45) is 0 Å². The van der Waals surface area contributed by atoms with E-state index in [2.05, 4.69) is 20.9 Å². The van der Waals surface area contributed by atoms with Gasteiger partial charge in [-0.05, 0) is 42.3 Å². The third-order valence-corrected chi connectivity index (χ3v) is 6.20. The van der Waals surface area contributed by atoms with Crippen LogP contribution in [0.4, 0.5) is 5.69 Å². The van der Waals surface area contributed by atoms with Crippen LogP contribution in [-0.4, -0.2) is 16.0 Å². The van der Waals surface area contributed by atoms with Gasteiger partial charge in [0.1, 0.15) is 0 Å². The number of H-pyrrole nitrogens is 1. The second kappa shape index (κ2) is 6.58. The SMILES string of the molecule is Cc1c([C@]2(O)C(=O)N(Cc3ccccc3)c3ccc(Br)cc32)[nH]c2ccccc12. The second-order valence-corrected chi connectivity index (χ2v) is 8.34. The molecule has 1 aliphatic rings. The Labute approximate surface area is 176 Å². The first-order chi connectivity index (χ1) is 14.0. The van der Waals surface area contributed by atoms with Gasteiger partial charge in [-0.15, -0.1) is 0 Å². The molecule has 0 fully saturated rings. The normalized spacial score (nSPS) is 18.4. The van der Waals surface area contributed by atoms with Gasteiger partial charge in [0, 0.05) is 20.9 Å². The standard InChI is InChI=1S/C24H19BrN2O2/c1-15-18-9-5-6-10-20(18)26-22(15)24(29)19-13-17(25)11-12-21(19)27(23(24)28)14-16-7-3-2-4-8-16/h2-13,26,29H,14H2,1H3/t24-/m0/s1. The number of aliphatic hydroxyl groups is 1. The maximum Gasteiger partial charge on any atom is 0.270 e. The number of aromatic amines is 1. The molecule has 1 aliphatic heterocycles. The van der Waals surface area contributed by atoms with Gasteiger partial charge in [0.05, 0.1) is 17.9 Å². The first-order valence-electron chi connectivity index (χ1n) is 9.46. The Hall–Kier alpha value is -2.89. The highest BCUT2D eigenvalue weighted by molar-refractivity contribution is 9.10. The van der Waals surface area contributed by atoms with E-state index in [0.717, 1.165) is 32.2 Å². The van der Waals surface area contributed by atoms with Gasteiger partial charge in [-0.1, -0.05) is 64.5 Å². The Bertz CT molecular complexity index is 1250. The van der Waals surface area contributed by atoms with Crippen LogP contribution in [0.3, 0.4) is 0 Å². The van der Waals surface area contributed by atoms with Crippen molar-refractivity contribution in [2.75, 3.05) is 4.90 Å². The van der Waals surface area contributed by atoms with Crippen LogP contribution in [0.5, 0.6) is 0 Å². The van der Waals surface area contributed by atoms with Crippen LogP contribution >= 0.6 is 15.9 Å². The molecular weight excluding hydrogens is 428 g/mol. The summed E-state index contributed by atoms with van der Waals surface area (Å²) >= 11 is 3.50. The van der Waals surface area contributed by atoms with Crippen molar-refractivity contribution in [1.82, 2.24) is 4.98 Å². The largest absolute Gasteiger partial charge is 0.371 e. The third-order valence-electron chi connectivity index (χ3n) is 5.70. The summed E-state index contributed by atoms with van der Waals surface area (Å²) in [6, 6.07) is 23.3. The summed E-state index contributed by atoms with van der Waals surface area (Å²) in [5, 5.41) is 12.9. The van der Waals surface area contributed by atoms with Crippen LogP contribution in [0.15, 0.2) is 77.3 Å². The van der Waals surface area contributed by atoms with E-state index in [1.54, 1.807) is 4.90 Å². The fourth-order valence-corrected chi connectivity index (χ4v) is 4.62.